The molecule has 2 N–H and O–H groups in total. The van der Waals surface area contributed by atoms with E-state index in [4.69, 9.17) is 5.73 Å². The summed E-state index contributed by atoms with van der Waals surface area (Å²) in [5.74, 6) is 0.208. The maximum Gasteiger partial charge on any atom is 0.235 e. The van der Waals surface area contributed by atoms with Crippen molar-refractivity contribution < 1.29 is 9.59 Å². The first kappa shape index (κ1) is 14.4. The minimum absolute atomic E-state index is 0.0577. The van der Waals surface area contributed by atoms with E-state index in [0.717, 1.165) is 25.8 Å². The van der Waals surface area contributed by atoms with Crippen LogP contribution >= 0.6 is 11.8 Å². The summed E-state index contributed by atoms with van der Waals surface area (Å²) in [5.41, 5.74) is 5.21. The highest BCUT2D eigenvalue weighted by Crippen LogP contribution is 2.22. The molecule has 4 nitrogen and oxygen atoms in total. The predicted molar refractivity (Wildman–Crippen MR) is 70.7 cm³/mol. The zero-order chi connectivity index (χ0) is 12.8. The molecule has 1 aliphatic heterocycles. The van der Waals surface area contributed by atoms with Gasteiger partial charge in [-0.2, -0.15) is 11.8 Å². The van der Waals surface area contributed by atoms with Crippen LogP contribution in [0.5, 0.6) is 0 Å². The zero-order valence-electron chi connectivity index (χ0n) is 10.6. The van der Waals surface area contributed by atoms with Crippen molar-refractivity contribution >= 4 is 23.6 Å². The highest BCUT2D eigenvalue weighted by atomic mass is 32.2. The minimum Gasteiger partial charge on any atom is -0.370 e. The van der Waals surface area contributed by atoms with Gasteiger partial charge in [-0.05, 0) is 31.4 Å². The number of hydrogen-bond donors (Lipinski definition) is 1. The van der Waals surface area contributed by atoms with Gasteiger partial charge in [0.1, 0.15) is 0 Å². The Hall–Kier alpha value is -0.710. The second-order valence-corrected chi connectivity index (χ2v) is 5.64. The van der Waals surface area contributed by atoms with Crippen LogP contribution in [0, 0.1) is 5.92 Å². The van der Waals surface area contributed by atoms with Crippen LogP contribution in [-0.4, -0.2) is 41.3 Å². The second-order valence-electron chi connectivity index (χ2n) is 4.60. The first-order valence-electron chi connectivity index (χ1n) is 6.18. The Bertz CT molecular complexity index is 280. The molecule has 0 spiro atoms. The van der Waals surface area contributed by atoms with Gasteiger partial charge in [-0.15, -0.1) is 0 Å². The van der Waals surface area contributed by atoms with Gasteiger partial charge >= 0.3 is 0 Å². The first-order chi connectivity index (χ1) is 8.08. The molecule has 5 heteroatoms. The number of thioether (sulfide) groups is 1. The number of rotatable bonds is 5. The van der Waals surface area contributed by atoms with Crippen molar-refractivity contribution in [3.63, 3.8) is 0 Å². The average Bonchev–Trinajstić information content (AvgIpc) is 2.30. The summed E-state index contributed by atoms with van der Waals surface area (Å²) in [7, 11) is 0. The maximum absolute atomic E-state index is 12.2. The molecule has 1 heterocycles. The third-order valence-corrected chi connectivity index (χ3v) is 4.36. The average molecular weight is 258 g/mol. The van der Waals surface area contributed by atoms with Crippen LogP contribution in [0.15, 0.2) is 0 Å². The molecule has 0 aliphatic carbocycles. The van der Waals surface area contributed by atoms with Crippen molar-refractivity contribution in [2.75, 3.05) is 19.3 Å². The van der Waals surface area contributed by atoms with Gasteiger partial charge in [-0.3, -0.25) is 9.59 Å². The quantitative estimate of drug-likeness (QED) is 0.807. The lowest BCUT2D eigenvalue weighted by Gasteiger charge is -2.34. The summed E-state index contributed by atoms with van der Waals surface area (Å²) in [6.07, 6.45) is 5.21. The van der Waals surface area contributed by atoms with Crippen LogP contribution in [-0.2, 0) is 9.59 Å². The molecule has 2 atom stereocenters. The topological polar surface area (TPSA) is 63.4 Å². The monoisotopic (exact) mass is 258 g/mol. The predicted octanol–water partition coefficient (Wildman–Crippen LogP) is 1.24. The summed E-state index contributed by atoms with van der Waals surface area (Å²) in [6, 6.07) is 0. The van der Waals surface area contributed by atoms with Crippen molar-refractivity contribution in [1.29, 1.82) is 0 Å². The fraction of sp³-hybridized carbons (Fsp3) is 0.833. The molecule has 1 rings (SSSR count). The van der Waals surface area contributed by atoms with E-state index in [1.54, 1.807) is 11.8 Å². The third-order valence-electron chi connectivity index (χ3n) is 3.25. The molecule has 1 fully saturated rings. The smallest absolute Gasteiger partial charge is 0.235 e. The van der Waals surface area contributed by atoms with E-state index in [1.807, 2.05) is 18.1 Å². The minimum atomic E-state index is -0.263. The Morgan fingerprint density at radius 1 is 1.53 bits per heavy atom. The summed E-state index contributed by atoms with van der Waals surface area (Å²) in [5, 5.41) is 0.0577. The van der Waals surface area contributed by atoms with Crippen molar-refractivity contribution in [1.82, 2.24) is 4.90 Å². The Kier molecular flexibility index (Phi) is 5.82. The summed E-state index contributed by atoms with van der Waals surface area (Å²) < 4.78 is 0. The summed E-state index contributed by atoms with van der Waals surface area (Å²) >= 11 is 1.60. The summed E-state index contributed by atoms with van der Waals surface area (Å²) in [4.78, 5) is 25.0. The fourth-order valence-electron chi connectivity index (χ4n) is 2.36. The number of primary amides is 1. The van der Waals surface area contributed by atoms with Gasteiger partial charge in [0.25, 0.3) is 0 Å². The number of carbonyl (C=O) groups is 2. The van der Waals surface area contributed by atoms with Crippen LogP contribution in [0.25, 0.3) is 0 Å². The van der Waals surface area contributed by atoms with E-state index < -0.39 is 0 Å². The van der Waals surface area contributed by atoms with E-state index >= 15 is 0 Å². The van der Waals surface area contributed by atoms with Crippen LogP contribution in [0.2, 0.25) is 0 Å². The second kappa shape index (κ2) is 6.89. The molecule has 98 valence electrons. The molecule has 0 aromatic heterocycles. The van der Waals surface area contributed by atoms with Gasteiger partial charge in [-0.25, -0.2) is 0 Å². The molecule has 0 unspecified atom stereocenters. The molecule has 17 heavy (non-hydrogen) atoms. The van der Waals surface area contributed by atoms with Crippen LogP contribution in [0.3, 0.4) is 0 Å². The fourth-order valence-corrected chi connectivity index (χ4v) is 3.05. The standard InChI is InChI=1S/C12H22N2O2S/c1-3-10(17-2)12(16)14-6-4-5-9(8-14)7-11(13)15/h9-10H,3-8H2,1-2H3,(H2,13,15)/t9-,10-/m1/s1. The van der Waals surface area contributed by atoms with Crippen molar-refractivity contribution in [2.24, 2.45) is 11.7 Å². The van der Waals surface area contributed by atoms with Crippen LogP contribution in [0.4, 0.5) is 0 Å². The maximum atomic E-state index is 12.2. The van der Waals surface area contributed by atoms with Crippen LogP contribution < -0.4 is 5.73 Å². The SMILES string of the molecule is CC[C@@H](SC)C(=O)N1CCC[C@H](CC(N)=O)C1. The molecule has 0 aromatic carbocycles. The number of carbonyl (C=O) groups excluding carboxylic acids is 2. The van der Waals surface area contributed by atoms with E-state index in [9.17, 15) is 9.59 Å². The lowest BCUT2D eigenvalue weighted by atomic mass is 9.94. The first-order valence-corrected chi connectivity index (χ1v) is 7.47. The number of hydrogen-bond acceptors (Lipinski definition) is 3. The highest BCUT2D eigenvalue weighted by Gasteiger charge is 2.28. The molecule has 1 aliphatic rings. The number of amides is 2. The van der Waals surface area contributed by atoms with Gasteiger partial charge in [0.05, 0.1) is 5.25 Å². The number of nitrogens with zero attached hydrogens (tertiary/aromatic N) is 1. The summed E-state index contributed by atoms with van der Waals surface area (Å²) in [6.45, 7) is 3.55. The molecule has 2 amide bonds. The van der Waals surface area contributed by atoms with Crippen molar-refractivity contribution in [2.45, 2.75) is 37.9 Å². The molecular formula is C12H22N2O2S. The number of piperidine rings is 1. The lowest BCUT2D eigenvalue weighted by Crippen LogP contribution is -2.44. The molecule has 0 bridgehead atoms. The Morgan fingerprint density at radius 3 is 2.76 bits per heavy atom. The van der Waals surface area contributed by atoms with Gasteiger partial charge < -0.3 is 10.6 Å². The largest absolute Gasteiger partial charge is 0.370 e. The Balaban J connectivity index is 2.53. The van der Waals surface area contributed by atoms with Gasteiger partial charge in [-0.1, -0.05) is 6.92 Å². The van der Waals surface area contributed by atoms with E-state index in [2.05, 4.69) is 0 Å². The van der Waals surface area contributed by atoms with E-state index in [0.29, 0.717) is 13.0 Å². The van der Waals surface area contributed by atoms with Crippen molar-refractivity contribution in [3.05, 3.63) is 0 Å². The van der Waals surface area contributed by atoms with Gasteiger partial charge in [0.2, 0.25) is 11.8 Å². The Morgan fingerprint density at radius 2 is 2.24 bits per heavy atom. The van der Waals surface area contributed by atoms with E-state index in [-0.39, 0.29) is 23.0 Å². The molecule has 0 radical (unpaired) electrons. The van der Waals surface area contributed by atoms with Gasteiger partial charge in [0.15, 0.2) is 0 Å². The third kappa shape index (κ3) is 4.22. The normalized spacial score (nSPS) is 22.2. The molecule has 0 saturated carbocycles. The van der Waals surface area contributed by atoms with Crippen LogP contribution in [0.1, 0.15) is 32.6 Å². The number of nitrogens with two attached hydrogens (primary N) is 1. The zero-order valence-corrected chi connectivity index (χ0v) is 11.5. The molecule has 1 saturated heterocycles. The number of likely N-dealkylation sites (tertiary alicyclic amines) is 1. The van der Waals surface area contributed by atoms with E-state index in [1.165, 1.54) is 0 Å². The van der Waals surface area contributed by atoms with Gasteiger partial charge in [0, 0.05) is 19.5 Å². The highest BCUT2D eigenvalue weighted by molar-refractivity contribution is 7.99. The van der Waals surface area contributed by atoms with Crippen molar-refractivity contribution in [3.8, 4) is 0 Å². The molecular weight excluding hydrogens is 236 g/mol. The lowest BCUT2D eigenvalue weighted by molar-refractivity contribution is -0.133. The molecule has 0 aromatic rings. The Labute approximate surface area is 107 Å².